The van der Waals surface area contributed by atoms with Crippen LogP contribution in [0.1, 0.15) is 18.4 Å². The van der Waals surface area contributed by atoms with Gasteiger partial charge < -0.3 is 15.6 Å². The molecule has 4 heterocycles. The third kappa shape index (κ3) is 3.81. The SMILES string of the molecule is Cn1nnc(-c2cc(-c3nc(N[C@H]4CCCNC4)ncc3C(F)(F)F)c[nH]2)n1. The van der Waals surface area contributed by atoms with E-state index in [1.54, 1.807) is 7.05 Å². The van der Waals surface area contributed by atoms with Gasteiger partial charge in [-0.2, -0.15) is 18.0 Å². The summed E-state index contributed by atoms with van der Waals surface area (Å²) in [5.74, 6) is 0.445. The van der Waals surface area contributed by atoms with Gasteiger partial charge in [-0.15, -0.1) is 10.2 Å². The zero-order chi connectivity index (χ0) is 19.7. The number of aromatic nitrogens is 7. The van der Waals surface area contributed by atoms with Gasteiger partial charge in [-0.1, -0.05) is 0 Å². The van der Waals surface area contributed by atoms with Crippen LogP contribution in [0.2, 0.25) is 0 Å². The van der Waals surface area contributed by atoms with Gasteiger partial charge in [0.2, 0.25) is 11.8 Å². The maximum absolute atomic E-state index is 13.5. The van der Waals surface area contributed by atoms with Crippen LogP contribution in [0.5, 0.6) is 0 Å². The quantitative estimate of drug-likeness (QED) is 0.621. The molecule has 3 aromatic heterocycles. The summed E-state index contributed by atoms with van der Waals surface area (Å²) in [6.07, 6.45) is -0.442. The molecular weight excluding hydrogens is 375 g/mol. The van der Waals surface area contributed by atoms with E-state index in [1.165, 1.54) is 17.1 Å². The van der Waals surface area contributed by atoms with Gasteiger partial charge in [-0.05, 0) is 30.7 Å². The first kappa shape index (κ1) is 18.3. The number of nitrogens with one attached hydrogen (secondary N) is 3. The van der Waals surface area contributed by atoms with Gasteiger partial charge in [0, 0.05) is 30.5 Å². The van der Waals surface area contributed by atoms with E-state index in [2.05, 4.69) is 41.0 Å². The second-order valence-corrected chi connectivity index (χ2v) is 6.55. The van der Waals surface area contributed by atoms with Crippen molar-refractivity contribution in [1.82, 2.24) is 40.5 Å². The minimum absolute atomic E-state index is 0.0731. The Balaban J connectivity index is 1.69. The number of anilines is 1. The number of rotatable bonds is 4. The predicted octanol–water partition coefficient (Wildman–Crippen LogP) is 1.84. The number of piperidine rings is 1. The van der Waals surface area contributed by atoms with E-state index in [-0.39, 0.29) is 29.1 Å². The number of tetrazole rings is 1. The Morgan fingerprint density at radius 3 is 2.86 bits per heavy atom. The van der Waals surface area contributed by atoms with Crippen LogP contribution in [-0.4, -0.2) is 54.3 Å². The van der Waals surface area contributed by atoms with Crippen LogP contribution in [0.4, 0.5) is 19.1 Å². The molecule has 3 N–H and O–H groups in total. The average Bonchev–Trinajstić information content (AvgIpc) is 3.30. The van der Waals surface area contributed by atoms with E-state index in [0.717, 1.165) is 25.6 Å². The van der Waals surface area contributed by atoms with Crippen molar-refractivity contribution in [3.05, 3.63) is 24.0 Å². The summed E-state index contributed by atoms with van der Waals surface area (Å²) in [7, 11) is 1.60. The Kier molecular flexibility index (Phi) is 4.71. The first-order valence-electron chi connectivity index (χ1n) is 8.75. The highest BCUT2D eigenvalue weighted by Gasteiger charge is 2.36. The Morgan fingerprint density at radius 1 is 1.32 bits per heavy atom. The van der Waals surface area contributed by atoms with Gasteiger partial charge in [0.15, 0.2) is 0 Å². The number of aromatic amines is 1. The lowest BCUT2D eigenvalue weighted by Crippen LogP contribution is -2.38. The molecule has 148 valence electrons. The van der Waals surface area contributed by atoms with E-state index >= 15 is 0 Å². The van der Waals surface area contributed by atoms with Crippen molar-refractivity contribution in [3.8, 4) is 22.8 Å². The van der Waals surface area contributed by atoms with Gasteiger partial charge in [-0.3, -0.25) is 0 Å². The lowest BCUT2D eigenvalue weighted by atomic mass is 10.1. The molecule has 9 nitrogen and oxygen atoms in total. The molecule has 0 saturated carbocycles. The first-order valence-corrected chi connectivity index (χ1v) is 8.75. The average molecular weight is 393 g/mol. The molecular formula is C16H18F3N9. The summed E-state index contributed by atoms with van der Waals surface area (Å²) in [5, 5.41) is 18.0. The molecule has 4 rings (SSSR count). The molecule has 0 radical (unpaired) electrons. The van der Waals surface area contributed by atoms with Gasteiger partial charge in [0.1, 0.15) is 5.56 Å². The van der Waals surface area contributed by atoms with Crippen LogP contribution in [0.3, 0.4) is 0 Å². The molecule has 28 heavy (non-hydrogen) atoms. The fourth-order valence-corrected chi connectivity index (χ4v) is 3.09. The van der Waals surface area contributed by atoms with Crippen molar-refractivity contribution in [2.45, 2.75) is 25.1 Å². The van der Waals surface area contributed by atoms with Crippen molar-refractivity contribution in [2.24, 2.45) is 7.05 Å². The van der Waals surface area contributed by atoms with Gasteiger partial charge >= 0.3 is 6.18 Å². The normalized spacial score (nSPS) is 17.6. The van der Waals surface area contributed by atoms with Crippen molar-refractivity contribution in [2.75, 3.05) is 18.4 Å². The molecule has 1 saturated heterocycles. The van der Waals surface area contributed by atoms with Crippen molar-refractivity contribution < 1.29 is 13.2 Å². The summed E-state index contributed by atoms with van der Waals surface area (Å²) in [5.41, 5.74) is -0.402. The summed E-state index contributed by atoms with van der Waals surface area (Å²) in [6, 6.07) is 1.59. The molecule has 1 aliphatic rings. The van der Waals surface area contributed by atoms with Crippen LogP contribution in [0.25, 0.3) is 22.8 Å². The Hall–Kier alpha value is -3.02. The van der Waals surface area contributed by atoms with E-state index in [1.807, 2.05) is 0 Å². The fourth-order valence-electron chi connectivity index (χ4n) is 3.09. The minimum Gasteiger partial charge on any atom is -0.358 e. The maximum atomic E-state index is 13.5. The number of nitrogens with zero attached hydrogens (tertiary/aromatic N) is 6. The van der Waals surface area contributed by atoms with E-state index < -0.39 is 11.7 Å². The third-order valence-electron chi connectivity index (χ3n) is 4.43. The predicted molar refractivity (Wildman–Crippen MR) is 94.1 cm³/mol. The number of hydrogen-bond donors (Lipinski definition) is 3. The lowest BCUT2D eigenvalue weighted by Gasteiger charge is -2.24. The van der Waals surface area contributed by atoms with Crippen LogP contribution in [-0.2, 0) is 13.2 Å². The maximum Gasteiger partial charge on any atom is 0.419 e. The first-order chi connectivity index (χ1) is 13.4. The summed E-state index contributed by atoms with van der Waals surface area (Å²) < 4.78 is 40.5. The largest absolute Gasteiger partial charge is 0.419 e. The van der Waals surface area contributed by atoms with Crippen LogP contribution >= 0.6 is 0 Å². The summed E-state index contributed by atoms with van der Waals surface area (Å²) in [6.45, 7) is 1.65. The molecule has 0 spiro atoms. The van der Waals surface area contributed by atoms with Crippen molar-refractivity contribution in [3.63, 3.8) is 0 Å². The smallest absolute Gasteiger partial charge is 0.358 e. The summed E-state index contributed by atoms with van der Waals surface area (Å²) in [4.78, 5) is 12.2. The molecule has 0 aromatic carbocycles. The van der Waals surface area contributed by atoms with Crippen LogP contribution in [0.15, 0.2) is 18.5 Å². The van der Waals surface area contributed by atoms with E-state index in [0.29, 0.717) is 12.2 Å². The molecule has 3 aromatic rings. The van der Waals surface area contributed by atoms with Gasteiger partial charge in [0.05, 0.1) is 18.4 Å². The minimum atomic E-state index is -4.58. The molecule has 1 atom stereocenters. The number of halogens is 3. The number of alkyl halides is 3. The van der Waals surface area contributed by atoms with Crippen LogP contribution in [0, 0.1) is 0 Å². The molecule has 0 unspecified atom stereocenters. The molecule has 0 amide bonds. The Labute approximate surface area is 157 Å². The molecule has 1 aliphatic heterocycles. The second-order valence-electron chi connectivity index (χ2n) is 6.55. The highest BCUT2D eigenvalue weighted by Crippen LogP contribution is 2.37. The highest BCUT2D eigenvalue weighted by atomic mass is 19.4. The summed E-state index contributed by atoms with van der Waals surface area (Å²) >= 11 is 0. The Morgan fingerprint density at radius 2 is 2.18 bits per heavy atom. The van der Waals surface area contributed by atoms with Crippen molar-refractivity contribution in [1.29, 1.82) is 0 Å². The Bertz CT molecular complexity index is 956. The molecule has 1 fully saturated rings. The lowest BCUT2D eigenvalue weighted by molar-refractivity contribution is -0.137. The fraction of sp³-hybridized carbons (Fsp3) is 0.438. The van der Waals surface area contributed by atoms with E-state index in [9.17, 15) is 13.2 Å². The van der Waals surface area contributed by atoms with Gasteiger partial charge in [0.25, 0.3) is 0 Å². The van der Waals surface area contributed by atoms with E-state index in [4.69, 9.17) is 0 Å². The third-order valence-corrected chi connectivity index (χ3v) is 4.43. The number of aryl methyl sites for hydroxylation is 1. The molecule has 12 heteroatoms. The zero-order valence-corrected chi connectivity index (χ0v) is 15.0. The van der Waals surface area contributed by atoms with Crippen molar-refractivity contribution >= 4 is 5.95 Å². The monoisotopic (exact) mass is 393 g/mol. The molecule has 0 aliphatic carbocycles. The second kappa shape index (κ2) is 7.19. The van der Waals surface area contributed by atoms with Gasteiger partial charge in [-0.25, -0.2) is 9.97 Å². The standard InChI is InChI=1S/C16H18F3N9/c1-28-26-14(25-27-28)12-5-9(6-21-12)13-11(16(17,18)19)8-22-15(24-13)23-10-3-2-4-20-7-10/h5-6,8,10,20-21H,2-4,7H2,1H3,(H,22,23,24)/t10-/m0/s1. The zero-order valence-electron chi connectivity index (χ0n) is 15.0. The topological polar surface area (TPSA) is 109 Å². The molecule has 0 bridgehead atoms. The highest BCUT2D eigenvalue weighted by molar-refractivity contribution is 5.69. The number of hydrogen-bond acceptors (Lipinski definition) is 7. The number of H-pyrrole nitrogens is 1. The van der Waals surface area contributed by atoms with Crippen LogP contribution < -0.4 is 10.6 Å².